The maximum absolute atomic E-state index is 12.0. The van der Waals surface area contributed by atoms with Gasteiger partial charge in [0.25, 0.3) is 5.69 Å². The van der Waals surface area contributed by atoms with Gasteiger partial charge in [-0.3, -0.25) is 14.9 Å². The Bertz CT molecular complexity index is 656. The van der Waals surface area contributed by atoms with Crippen LogP contribution in [0, 0.1) is 10.1 Å². The largest absolute Gasteiger partial charge is 0.495 e. The second-order valence-corrected chi connectivity index (χ2v) is 4.35. The number of carbonyl (C=O) groups is 1. The molecule has 2 rings (SSSR count). The number of amides is 1. The first-order valence-electron chi connectivity index (χ1n) is 6.26. The van der Waals surface area contributed by atoms with Gasteiger partial charge in [0.1, 0.15) is 5.75 Å². The lowest BCUT2D eigenvalue weighted by Gasteiger charge is -2.10. The van der Waals surface area contributed by atoms with E-state index in [0.717, 1.165) is 5.56 Å². The van der Waals surface area contributed by atoms with E-state index in [1.165, 1.54) is 25.3 Å². The van der Waals surface area contributed by atoms with Crippen LogP contribution in [0.4, 0.5) is 11.4 Å². The van der Waals surface area contributed by atoms with Gasteiger partial charge in [-0.2, -0.15) is 0 Å². The Hall–Kier alpha value is -2.89. The van der Waals surface area contributed by atoms with Crippen LogP contribution < -0.4 is 10.1 Å². The average molecular weight is 286 g/mol. The van der Waals surface area contributed by atoms with Crippen molar-refractivity contribution < 1.29 is 14.5 Å². The van der Waals surface area contributed by atoms with Gasteiger partial charge < -0.3 is 10.1 Å². The van der Waals surface area contributed by atoms with Crippen molar-refractivity contribution in [3.05, 3.63) is 64.2 Å². The number of hydrogen-bond acceptors (Lipinski definition) is 4. The van der Waals surface area contributed by atoms with Gasteiger partial charge >= 0.3 is 0 Å². The van der Waals surface area contributed by atoms with E-state index >= 15 is 0 Å². The summed E-state index contributed by atoms with van der Waals surface area (Å²) in [6, 6.07) is 13.3. The minimum Gasteiger partial charge on any atom is -0.495 e. The number of non-ortho nitro benzene ring substituents is 1. The van der Waals surface area contributed by atoms with E-state index < -0.39 is 4.92 Å². The highest BCUT2D eigenvalue weighted by Crippen LogP contribution is 2.28. The molecule has 0 heterocycles. The van der Waals surface area contributed by atoms with Crippen molar-refractivity contribution in [2.75, 3.05) is 12.4 Å². The standard InChI is InChI=1S/C15H14N2O4/c1-21-14-8-7-12(17(19)20)10-13(14)16-15(18)9-11-5-3-2-4-6-11/h2-8,10H,9H2,1H3,(H,16,18). The molecule has 108 valence electrons. The molecule has 1 N–H and O–H groups in total. The number of ether oxygens (including phenoxy) is 1. The number of methoxy groups -OCH3 is 1. The van der Waals surface area contributed by atoms with Crippen LogP contribution in [0.5, 0.6) is 5.75 Å². The fraction of sp³-hybridized carbons (Fsp3) is 0.133. The third-order valence-corrected chi connectivity index (χ3v) is 2.88. The number of rotatable bonds is 5. The van der Waals surface area contributed by atoms with Gasteiger partial charge in [0.2, 0.25) is 5.91 Å². The van der Waals surface area contributed by atoms with E-state index in [2.05, 4.69) is 5.32 Å². The Kier molecular flexibility index (Phi) is 4.50. The molecule has 0 bridgehead atoms. The molecule has 0 aliphatic rings. The van der Waals surface area contributed by atoms with E-state index in [1.807, 2.05) is 30.3 Å². The van der Waals surface area contributed by atoms with Gasteiger partial charge in [-0.1, -0.05) is 30.3 Å². The normalized spacial score (nSPS) is 9.95. The predicted molar refractivity (Wildman–Crippen MR) is 78.4 cm³/mol. The molecule has 1 amide bonds. The topological polar surface area (TPSA) is 81.5 Å². The lowest BCUT2D eigenvalue weighted by molar-refractivity contribution is -0.384. The minimum absolute atomic E-state index is 0.106. The molecule has 2 aromatic carbocycles. The summed E-state index contributed by atoms with van der Waals surface area (Å²) in [7, 11) is 1.44. The van der Waals surface area contributed by atoms with Gasteiger partial charge in [-0.25, -0.2) is 0 Å². The molecule has 0 spiro atoms. The van der Waals surface area contributed by atoms with E-state index in [9.17, 15) is 14.9 Å². The van der Waals surface area contributed by atoms with E-state index in [4.69, 9.17) is 4.74 Å². The van der Waals surface area contributed by atoms with Gasteiger partial charge in [0, 0.05) is 12.1 Å². The number of anilines is 1. The van der Waals surface area contributed by atoms with Crippen LogP contribution in [0.3, 0.4) is 0 Å². The Morgan fingerprint density at radius 2 is 1.95 bits per heavy atom. The fourth-order valence-corrected chi connectivity index (χ4v) is 1.88. The number of nitrogens with one attached hydrogen (secondary N) is 1. The quantitative estimate of drug-likeness (QED) is 0.677. The zero-order valence-corrected chi connectivity index (χ0v) is 11.4. The first-order valence-corrected chi connectivity index (χ1v) is 6.26. The summed E-state index contributed by atoms with van der Waals surface area (Å²) in [5, 5.41) is 13.4. The molecular formula is C15H14N2O4. The number of hydrogen-bond donors (Lipinski definition) is 1. The van der Waals surface area contributed by atoms with Crippen LogP contribution >= 0.6 is 0 Å². The predicted octanol–water partition coefficient (Wildman–Crippen LogP) is 2.78. The minimum atomic E-state index is -0.522. The molecule has 6 heteroatoms. The second-order valence-electron chi connectivity index (χ2n) is 4.35. The maximum atomic E-state index is 12.0. The molecule has 0 radical (unpaired) electrons. The number of nitrogens with zero attached hydrogens (tertiary/aromatic N) is 1. The highest BCUT2D eigenvalue weighted by Gasteiger charge is 2.13. The van der Waals surface area contributed by atoms with Crippen molar-refractivity contribution in [1.82, 2.24) is 0 Å². The number of nitro benzene ring substituents is 1. The number of carbonyl (C=O) groups excluding carboxylic acids is 1. The fourth-order valence-electron chi connectivity index (χ4n) is 1.88. The lowest BCUT2D eigenvalue weighted by atomic mass is 10.1. The van der Waals surface area contributed by atoms with Crippen LogP contribution in [0.25, 0.3) is 0 Å². The maximum Gasteiger partial charge on any atom is 0.271 e. The van der Waals surface area contributed by atoms with Crippen molar-refractivity contribution in [1.29, 1.82) is 0 Å². The number of benzene rings is 2. The highest BCUT2D eigenvalue weighted by molar-refractivity contribution is 5.94. The second kappa shape index (κ2) is 6.51. The number of nitro groups is 1. The molecule has 0 aromatic heterocycles. The summed E-state index contributed by atoms with van der Waals surface area (Å²) in [6.45, 7) is 0. The highest BCUT2D eigenvalue weighted by atomic mass is 16.6. The van der Waals surface area contributed by atoms with Crippen molar-refractivity contribution in [3.8, 4) is 5.75 Å². The summed E-state index contributed by atoms with van der Waals surface area (Å²) < 4.78 is 5.09. The molecule has 2 aromatic rings. The summed E-state index contributed by atoms with van der Waals surface area (Å²) in [5.74, 6) is 0.113. The van der Waals surface area contributed by atoms with Crippen LogP contribution in [0.1, 0.15) is 5.56 Å². The van der Waals surface area contributed by atoms with E-state index in [1.54, 1.807) is 0 Å². The Balaban J connectivity index is 2.16. The van der Waals surface area contributed by atoms with Crippen molar-refractivity contribution in [3.63, 3.8) is 0 Å². The van der Waals surface area contributed by atoms with Crippen molar-refractivity contribution >= 4 is 17.3 Å². The molecule has 0 saturated carbocycles. The summed E-state index contributed by atoms with van der Waals surface area (Å²) in [4.78, 5) is 22.3. The summed E-state index contributed by atoms with van der Waals surface area (Å²) in [5.41, 5.74) is 1.04. The average Bonchev–Trinajstić information content (AvgIpc) is 2.48. The van der Waals surface area contributed by atoms with Gasteiger partial charge in [-0.15, -0.1) is 0 Å². The molecule has 0 atom stereocenters. The smallest absolute Gasteiger partial charge is 0.271 e. The van der Waals surface area contributed by atoms with Crippen molar-refractivity contribution in [2.45, 2.75) is 6.42 Å². The van der Waals surface area contributed by atoms with Crippen LogP contribution in [-0.2, 0) is 11.2 Å². The first-order chi connectivity index (χ1) is 10.1. The zero-order valence-electron chi connectivity index (χ0n) is 11.4. The molecule has 0 aliphatic carbocycles. The van der Waals surface area contributed by atoms with Crippen molar-refractivity contribution in [2.24, 2.45) is 0 Å². The van der Waals surface area contributed by atoms with Crippen LogP contribution in [0.15, 0.2) is 48.5 Å². The van der Waals surface area contributed by atoms with E-state index in [-0.39, 0.29) is 23.7 Å². The molecular weight excluding hydrogens is 272 g/mol. The third kappa shape index (κ3) is 3.79. The molecule has 0 unspecified atom stereocenters. The Morgan fingerprint density at radius 1 is 1.24 bits per heavy atom. The summed E-state index contributed by atoms with van der Waals surface area (Å²) in [6.07, 6.45) is 0.187. The summed E-state index contributed by atoms with van der Waals surface area (Å²) >= 11 is 0. The third-order valence-electron chi connectivity index (χ3n) is 2.88. The molecule has 0 saturated heterocycles. The van der Waals surface area contributed by atoms with E-state index in [0.29, 0.717) is 5.75 Å². The first kappa shape index (κ1) is 14.5. The zero-order chi connectivity index (χ0) is 15.2. The monoisotopic (exact) mass is 286 g/mol. The van der Waals surface area contributed by atoms with Gasteiger partial charge in [-0.05, 0) is 11.6 Å². The van der Waals surface area contributed by atoms with Crippen LogP contribution in [0.2, 0.25) is 0 Å². The molecule has 21 heavy (non-hydrogen) atoms. The SMILES string of the molecule is COc1ccc([N+](=O)[O-])cc1NC(=O)Cc1ccccc1. The molecule has 6 nitrogen and oxygen atoms in total. The van der Waals surface area contributed by atoms with Gasteiger partial charge in [0.05, 0.1) is 24.1 Å². The molecule has 0 fully saturated rings. The van der Waals surface area contributed by atoms with Crippen LogP contribution in [-0.4, -0.2) is 17.9 Å². The molecule has 0 aliphatic heterocycles. The lowest BCUT2D eigenvalue weighted by Crippen LogP contribution is -2.15. The Labute approximate surface area is 121 Å². The Morgan fingerprint density at radius 3 is 2.57 bits per heavy atom. The van der Waals surface area contributed by atoms with Gasteiger partial charge in [0.15, 0.2) is 0 Å².